The van der Waals surface area contributed by atoms with Crippen molar-refractivity contribution in [3.8, 4) is 11.3 Å². The highest BCUT2D eigenvalue weighted by Gasteiger charge is 2.13. The van der Waals surface area contributed by atoms with Gasteiger partial charge in [-0.3, -0.25) is 0 Å². The summed E-state index contributed by atoms with van der Waals surface area (Å²) in [6.07, 6.45) is 1.71. The van der Waals surface area contributed by atoms with Gasteiger partial charge in [-0.05, 0) is 49.9 Å². The van der Waals surface area contributed by atoms with Crippen molar-refractivity contribution in [3.63, 3.8) is 0 Å². The molecule has 3 nitrogen and oxygen atoms in total. The van der Waals surface area contributed by atoms with Crippen LogP contribution in [0.2, 0.25) is 0 Å². The molecule has 0 bridgehead atoms. The van der Waals surface area contributed by atoms with Crippen LogP contribution in [0.1, 0.15) is 22.3 Å². The first-order chi connectivity index (χ1) is 8.04. The van der Waals surface area contributed by atoms with E-state index in [0.29, 0.717) is 6.01 Å². The summed E-state index contributed by atoms with van der Waals surface area (Å²) in [5.41, 5.74) is 7.20. The minimum Gasteiger partial charge on any atom is -0.432 e. The van der Waals surface area contributed by atoms with Crippen LogP contribution < -0.4 is 5.32 Å². The van der Waals surface area contributed by atoms with Crippen molar-refractivity contribution >= 4 is 6.01 Å². The molecule has 0 atom stereocenters. The van der Waals surface area contributed by atoms with E-state index in [1.54, 1.807) is 13.3 Å². The van der Waals surface area contributed by atoms with Gasteiger partial charge in [-0.25, -0.2) is 0 Å². The van der Waals surface area contributed by atoms with Crippen molar-refractivity contribution in [2.75, 3.05) is 12.4 Å². The molecule has 2 rings (SSSR count). The van der Waals surface area contributed by atoms with Crippen molar-refractivity contribution in [2.45, 2.75) is 27.7 Å². The second-order valence-corrected chi connectivity index (χ2v) is 4.42. The molecule has 0 saturated carbocycles. The minimum atomic E-state index is 0.554. The van der Waals surface area contributed by atoms with E-state index in [1.165, 1.54) is 27.8 Å². The topological polar surface area (TPSA) is 38.1 Å². The van der Waals surface area contributed by atoms with Crippen LogP contribution in [0.5, 0.6) is 0 Å². The molecule has 0 aliphatic carbocycles. The molecule has 0 radical (unpaired) electrons. The average Bonchev–Trinajstić information content (AvgIpc) is 2.75. The number of nitrogens with zero attached hydrogens (tertiary/aromatic N) is 1. The molecular weight excluding hydrogens is 212 g/mol. The lowest BCUT2D eigenvalue weighted by molar-refractivity contribution is 0.576. The van der Waals surface area contributed by atoms with Crippen LogP contribution in [0.15, 0.2) is 16.7 Å². The van der Waals surface area contributed by atoms with E-state index in [2.05, 4.69) is 44.1 Å². The van der Waals surface area contributed by atoms with Crippen molar-refractivity contribution in [2.24, 2.45) is 0 Å². The quantitative estimate of drug-likeness (QED) is 0.856. The first kappa shape index (κ1) is 11.7. The zero-order chi connectivity index (χ0) is 12.6. The molecule has 3 heteroatoms. The molecule has 1 N–H and O–H groups in total. The van der Waals surface area contributed by atoms with Crippen LogP contribution in [0.3, 0.4) is 0 Å². The predicted molar refractivity (Wildman–Crippen MR) is 70.4 cm³/mol. The van der Waals surface area contributed by atoms with E-state index in [4.69, 9.17) is 4.42 Å². The summed E-state index contributed by atoms with van der Waals surface area (Å²) >= 11 is 0. The van der Waals surface area contributed by atoms with Gasteiger partial charge in [0.15, 0.2) is 0 Å². The van der Waals surface area contributed by atoms with Gasteiger partial charge >= 0.3 is 0 Å². The van der Waals surface area contributed by atoms with Crippen LogP contribution >= 0.6 is 0 Å². The summed E-state index contributed by atoms with van der Waals surface area (Å²) in [5, 5.41) is 2.91. The third kappa shape index (κ3) is 1.93. The molecule has 0 aliphatic rings. The van der Waals surface area contributed by atoms with Crippen LogP contribution in [-0.2, 0) is 0 Å². The van der Waals surface area contributed by atoms with Gasteiger partial charge in [-0.1, -0.05) is 6.07 Å². The van der Waals surface area contributed by atoms with Gasteiger partial charge < -0.3 is 9.73 Å². The normalized spacial score (nSPS) is 10.6. The molecular formula is C14H18N2O. The van der Waals surface area contributed by atoms with Gasteiger partial charge in [0.2, 0.25) is 0 Å². The number of nitrogens with one attached hydrogen (secondary N) is 1. The first-order valence-electron chi connectivity index (χ1n) is 5.75. The van der Waals surface area contributed by atoms with Crippen molar-refractivity contribution in [1.29, 1.82) is 0 Å². The van der Waals surface area contributed by atoms with E-state index in [1.807, 2.05) is 0 Å². The summed E-state index contributed by atoms with van der Waals surface area (Å²) in [4.78, 5) is 4.43. The Labute approximate surface area is 102 Å². The molecule has 0 spiro atoms. The molecule has 1 aromatic carbocycles. The fourth-order valence-electron chi connectivity index (χ4n) is 2.10. The van der Waals surface area contributed by atoms with Crippen molar-refractivity contribution < 1.29 is 4.42 Å². The summed E-state index contributed by atoms with van der Waals surface area (Å²) in [5.74, 6) is 0. The maximum Gasteiger partial charge on any atom is 0.294 e. The monoisotopic (exact) mass is 230 g/mol. The van der Waals surface area contributed by atoms with Crippen molar-refractivity contribution in [1.82, 2.24) is 4.98 Å². The third-order valence-electron chi connectivity index (χ3n) is 3.34. The Balaban J connectivity index is 2.65. The molecule has 0 saturated heterocycles. The van der Waals surface area contributed by atoms with E-state index in [9.17, 15) is 0 Å². The highest BCUT2D eigenvalue weighted by molar-refractivity contribution is 5.70. The molecule has 0 unspecified atom stereocenters. The SMILES string of the molecule is CNc1nc(-c2c(C)c(C)cc(C)c2C)co1. The largest absolute Gasteiger partial charge is 0.432 e. The molecule has 90 valence electrons. The molecule has 17 heavy (non-hydrogen) atoms. The molecule has 1 aromatic heterocycles. The van der Waals surface area contributed by atoms with Gasteiger partial charge in [0.1, 0.15) is 12.0 Å². The number of aromatic nitrogens is 1. The number of rotatable bonds is 2. The highest BCUT2D eigenvalue weighted by Crippen LogP contribution is 2.31. The molecule has 0 aliphatic heterocycles. The molecule has 2 aromatic rings. The number of oxazole rings is 1. The second kappa shape index (κ2) is 4.24. The Hall–Kier alpha value is -1.77. The molecule has 0 amide bonds. The zero-order valence-corrected chi connectivity index (χ0v) is 11.0. The fourth-order valence-corrected chi connectivity index (χ4v) is 2.10. The average molecular weight is 230 g/mol. The fraction of sp³-hybridized carbons (Fsp3) is 0.357. The maximum absolute atomic E-state index is 5.34. The summed E-state index contributed by atoms with van der Waals surface area (Å²) in [6, 6.07) is 2.77. The second-order valence-electron chi connectivity index (χ2n) is 4.42. The molecule has 0 fully saturated rings. The lowest BCUT2D eigenvalue weighted by atomic mass is 9.93. The number of aryl methyl sites for hydroxylation is 2. The number of anilines is 1. The summed E-state index contributed by atoms with van der Waals surface area (Å²) < 4.78 is 5.34. The summed E-state index contributed by atoms with van der Waals surface area (Å²) in [6.45, 7) is 8.52. The predicted octanol–water partition coefficient (Wildman–Crippen LogP) is 3.62. The van der Waals surface area contributed by atoms with Crippen molar-refractivity contribution in [3.05, 3.63) is 34.6 Å². The van der Waals surface area contributed by atoms with E-state index >= 15 is 0 Å². The highest BCUT2D eigenvalue weighted by atomic mass is 16.4. The number of hydrogen-bond acceptors (Lipinski definition) is 3. The minimum absolute atomic E-state index is 0.554. The Bertz CT molecular complexity index is 529. The Morgan fingerprint density at radius 3 is 2.12 bits per heavy atom. The maximum atomic E-state index is 5.34. The van der Waals surface area contributed by atoms with Gasteiger partial charge in [0, 0.05) is 12.6 Å². The van der Waals surface area contributed by atoms with E-state index < -0.39 is 0 Å². The summed E-state index contributed by atoms with van der Waals surface area (Å²) in [7, 11) is 1.80. The zero-order valence-electron chi connectivity index (χ0n) is 11.0. The van der Waals surface area contributed by atoms with Gasteiger partial charge in [-0.15, -0.1) is 0 Å². The number of hydrogen-bond donors (Lipinski definition) is 1. The van der Waals surface area contributed by atoms with Gasteiger partial charge in [0.05, 0.1) is 0 Å². The third-order valence-corrected chi connectivity index (χ3v) is 3.34. The Morgan fingerprint density at radius 1 is 1.06 bits per heavy atom. The van der Waals surface area contributed by atoms with Crippen LogP contribution in [0, 0.1) is 27.7 Å². The van der Waals surface area contributed by atoms with Crippen LogP contribution in [0.25, 0.3) is 11.3 Å². The lowest BCUT2D eigenvalue weighted by Crippen LogP contribution is -1.95. The van der Waals surface area contributed by atoms with Crippen LogP contribution in [0.4, 0.5) is 6.01 Å². The van der Waals surface area contributed by atoms with Gasteiger partial charge in [-0.2, -0.15) is 4.98 Å². The van der Waals surface area contributed by atoms with Gasteiger partial charge in [0.25, 0.3) is 6.01 Å². The molecule has 1 heterocycles. The first-order valence-corrected chi connectivity index (χ1v) is 5.75. The van der Waals surface area contributed by atoms with E-state index in [-0.39, 0.29) is 0 Å². The Morgan fingerprint density at radius 2 is 1.65 bits per heavy atom. The van der Waals surface area contributed by atoms with Crippen LogP contribution in [-0.4, -0.2) is 12.0 Å². The smallest absolute Gasteiger partial charge is 0.294 e. The lowest BCUT2D eigenvalue weighted by Gasteiger charge is -2.12. The van der Waals surface area contributed by atoms with E-state index in [0.717, 1.165) is 5.69 Å². The number of benzene rings is 1. The Kier molecular flexibility index (Phi) is 2.92. The standard InChI is InChI=1S/C14H18N2O/c1-8-6-9(2)11(4)13(10(8)3)12-7-17-14(15-5)16-12/h6-7H,1-5H3,(H,15,16).